The van der Waals surface area contributed by atoms with Gasteiger partial charge in [0.2, 0.25) is 0 Å². The van der Waals surface area contributed by atoms with Crippen LogP contribution in [0.15, 0.2) is 18.2 Å². The van der Waals surface area contributed by atoms with Crippen LogP contribution >= 0.6 is 0 Å². The van der Waals surface area contributed by atoms with Gasteiger partial charge in [-0.2, -0.15) is 0 Å². The van der Waals surface area contributed by atoms with Crippen LogP contribution in [0.5, 0.6) is 0 Å². The molecular formula is C16H24N4O. The molecule has 2 saturated heterocycles. The topological polar surface area (TPSA) is 84.4 Å². The number of carbonyl (C=O) groups excluding carboxylic acids is 1. The van der Waals surface area contributed by atoms with Crippen molar-refractivity contribution in [2.24, 2.45) is 5.73 Å². The standard InChI is InChI=1S/C16H24N4O/c1-20-11-4-2-5-12(20)9-10(8-11)19-15-13(16(18)21)6-3-7-14(15)17/h3,6-7,10-12,19H,2,4-5,8-9,17H2,1H3,(H2,18,21). The molecule has 2 aliphatic heterocycles. The molecule has 0 aliphatic carbocycles. The van der Waals surface area contributed by atoms with Gasteiger partial charge in [-0.3, -0.25) is 4.79 Å². The lowest BCUT2D eigenvalue weighted by Gasteiger charge is -2.47. The van der Waals surface area contributed by atoms with E-state index in [0.717, 1.165) is 12.8 Å². The number of benzene rings is 1. The van der Waals surface area contributed by atoms with Crippen molar-refractivity contribution in [1.29, 1.82) is 0 Å². The Hall–Kier alpha value is -1.75. The maximum absolute atomic E-state index is 11.6. The van der Waals surface area contributed by atoms with Crippen molar-refractivity contribution in [2.75, 3.05) is 18.1 Å². The van der Waals surface area contributed by atoms with E-state index in [-0.39, 0.29) is 0 Å². The van der Waals surface area contributed by atoms with Crippen LogP contribution in [0.3, 0.4) is 0 Å². The first-order chi connectivity index (χ1) is 10.1. The molecule has 5 heteroatoms. The van der Waals surface area contributed by atoms with Crippen molar-refractivity contribution in [3.8, 4) is 0 Å². The van der Waals surface area contributed by atoms with Crippen molar-refractivity contribution in [1.82, 2.24) is 4.90 Å². The fraction of sp³-hybridized carbons (Fsp3) is 0.562. The second-order valence-electron chi connectivity index (χ2n) is 6.35. The van der Waals surface area contributed by atoms with Gasteiger partial charge in [0.15, 0.2) is 0 Å². The highest BCUT2D eigenvalue weighted by atomic mass is 16.1. The highest BCUT2D eigenvalue weighted by Crippen LogP contribution is 2.35. The third kappa shape index (κ3) is 2.70. The van der Waals surface area contributed by atoms with Crippen molar-refractivity contribution in [3.05, 3.63) is 23.8 Å². The van der Waals surface area contributed by atoms with E-state index in [1.807, 2.05) is 6.07 Å². The lowest BCUT2D eigenvalue weighted by atomic mass is 9.82. The number of nitrogens with two attached hydrogens (primary N) is 2. The fourth-order valence-corrected chi connectivity index (χ4v) is 3.87. The molecule has 2 atom stereocenters. The molecule has 1 aromatic rings. The number of nitrogens with zero attached hydrogens (tertiary/aromatic N) is 1. The van der Waals surface area contributed by atoms with Gasteiger partial charge in [0.1, 0.15) is 0 Å². The molecule has 5 N–H and O–H groups in total. The highest BCUT2D eigenvalue weighted by Gasteiger charge is 2.36. The fourth-order valence-electron chi connectivity index (χ4n) is 3.87. The first kappa shape index (κ1) is 14.2. The number of carbonyl (C=O) groups is 1. The Morgan fingerprint density at radius 1 is 1.29 bits per heavy atom. The summed E-state index contributed by atoms with van der Waals surface area (Å²) in [5.74, 6) is -0.432. The van der Waals surface area contributed by atoms with E-state index in [1.54, 1.807) is 12.1 Å². The number of nitrogen functional groups attached to an aromatic ring is 1. The Balaban J connectivity index is 1.80. The number of hydrogen-bond acceptors (Lipinski definition) is 4. The lowest BCUT2D eigenvalue weighted by Crippen LogP contribution is -2.52. The molecule has 0 radical (unpaired) electrons. The molecule has 2 aliphatic rings. The minimum atomic E-state index is -0.432. The van der Waals surface area contributed by atoms with E-state index in [4.69, 9.17) is 11.5 Å². The molecule has 0 spiro atoms. The average molecular weight is 288 g/mol. The molecule has 3 rings (SSSR count). The smallest absolute Gasteiger partial charge is 0.250 e. The van der Waals surface area contributed by atoms with Crippen LogP contribution in [-0.2, 0) is 0 Å². The third-order valence-electron chi connectivity index (χ3n) is 5.05. The summed E-state index contributed by atoms with van der Waals surface area (Å²) in [6.45, 7) is 0. The van der Waals surface area contributed by atoms with Crippen LogP contribution in [0.2, 0.25) is 0 Å². The average Bonchev–Trinajstić information content (AvgIpc) is 2.41. The third-order valence-corrected chi connectivity index (χ3v) is 5.05. The number of piperidine rings is 2. The monoisotopic (exact) mass is 288 g/mol. The van der Waals surface area contributed by atoms with Crippen LogP contribution in [0, 0.1) is 0 Å². The zero-order valence-corrected chi connectivity index (χ0v) is 12.5. The van der Waals surface area contributed by atoms with Gasteiger partial charge in [0.25, 0.3) is 5.91 Å². The molecular weight excluding hydrogens is 264 g/mol. The van der Waals surface area contributed by atoms with Crippen LogP contribution in [0.25, 0.3) is 0 Å². The molecule has 2 fully saturated rings. The van der Waals surface area contributed by atoms with E-state index in [2.05, 4.69) is 17.3 Å². The number of rotatable bonds is 3. The van der Waals surface area contributed by atoms with Crippen molar-refractivity contribution >= 4 is 17.3 Å². The largest absolute Gasteiger partial charge is 0.397 e. The van der Waals surface area contributed by atoms with E-state index < -0.39 is 5.91 Å². The van der Waals surface area contributed by atoms with Gasteiger partial charge in [0.05, 0.1) is 16.9 Å². The van der Waals surface area contributed by atoms with Gasteiger partial charge in [-0.25, -0.2) is 0 Å². The summed E-state index contributed by atoms with van der Waals surface area (Å²) in [5.41, 5.74) is 13.3. The molecule has 0 aromatic heterocycles. The number of nitrogens with one attached hydrogen (secondary N) is 1. The van der Waals surface area contributed by atoms with Gasteiger partial charge < -0.3 is 21.7 Å². The molecule has 21 heavy (non-hydrogen) atoms. The van der Waals surface area contributed by atoms with E-state index >= 15 is 0 Å². The minimum Gasteiger partial charge on any atom is -0.397 e. The molecule has 2 unspecified atom stereocenters. The van der Waals surface area contributed by atoms with E-state index in [9.17, 15) is 4.79 Å². The SMILES string of the molecule is CN1C2CCCC1CC(Nc1c(N)cccc1C(N)=O)C2. The molecule has 2 heterocycles. The number of amides is 1. The molecule has 0 saturated carbocycles. The van der Waals surface area contributed by atoms with Crippen LogP contribution < -0.4 is 16.8 Å². The van der Waals surface area contributed by atoms with Gasteiger partial charge in [-0.15, -0.1) is 0 Å². The van der Waals surface area contributed by atoms with E-state index in [1.165, 1.54) is 19.3 Å². The lowest BCUT2D eigenvalue weighted by molar-refractivity contribution is 0.0608. The Morgan fingerprint density at radius 2 is 1.95 bits per heavy atom. The van der Waals surface area contributed by atoms with Gasteiger partial charge >= 0.3 is 0 Å². The van der Waals surface area contributed by atoms with Gasteiger partial charge in [0, 0.05) is 18.1 Å². The number of primary amides is 1. The number of hydrogen-bond donors (Lipinski definition) is 3. The number of fused-ring (bicyclic) bond motifs is 2. The minimum absolute atomic E-state index is 0.360. The predicted molar refractivity (Wildman–Crippen MR) is 85.2 cm³/mol. The zero-order valence-electron chi connectivity index (χ0n) is 12.5. The molecule has 114 valence electrons. The van der Waals surface area contributed by atoms with Crippen LogP contribution in [-0.4, -0.2) is 36.0 Å². The molecule has 1 amide bonds. The maximum atomic E-state index is 11.6. The number of anilines is 2. The maximum Gasteiger partial charge on any atom is 0.250 e. The Morgan fingerprint density at radius 3 is 2.57 bits per heavy atom. The first-order valence-corrected chi connectivity index (χ1v) is 7.73. The summed E-state index contributed by atoms with van der Waals surface area (Å²) in [7, 11) is 2.23. The quantitative estimate of drug-likeness (QED) is 0.740. The Kier molecular flexibility index (Phi) is 3.76. The summed E-state index contributed by atoms with van der Waals surface area (Å²) in [6.07, 6.45) is 6.04. The van der Waals surface area contributed by atoms with Crippen molar-refractivity contribution in [3.63, 3.8) is 0 Å². The second-order valence-corrected chi connectivity index (χ2v) is 6.35. The first-order valence-electron chi connectivity index (χ1n) is 7.73. The summed E-state index contributed by atoms with van der Waals surface area (Å²) in [6, 6.07) is 6.94. The predicted octanol–water partition coefficient (Wildman–Crippen LogP) is 1.79. The van der Waals surface area contributed by atoms with Crippen LogP contribution in [0.4, 0.5) is 11.4 Å². The van der Waals surface area contributed by atoms with Crippen LogP contribution in [0.1, 0.15) is 42.5 Å². The summed E-state index contributed by atoms with van der Waals surface area (Å²) < 4.78 is 0. The van der Waals surface area contributed by atoms with Crippen molar-refractivity contribution < 1.29 is 4.79 Å². The van der Waals surface area contributed by atoms with Gasteiger partial charge in [-0.05, 0) is 44.9 Å². The van der Waals surface area contributed by atoms with Gasteiger partial charge in [-0.1, -0.05) is 12.5 Å². The van der Waals surface area contributed by atoms with Crippen molar-refractivity contribution in [2.45, 2.75) is 50.2 Å². The summed E-state index contributed by atoms with van der Waals surface area (Å²) >= 11 is 0. The molecule has 1 aromatic carbocycles. The summed E-state index contributed by atoms with van der Waals surface area (Å²) in [5, 5.41) is 3.50. The van der Waals surface area contributed by atoms with E-state index in [0.29, 0.717) is 35.1 Å². The highest BCUT2D eigenvalue weighted by molar-refractivity contribution is 6.01. The Labute approximate surface area is 125 Å². The number of para-hydroxylation sites is 1. The second kappa shape index (κ2) is 5.56. The zero-order chi connectivity index (χ0) is 15.0. The normalized spacial score (nSPS) is 29.1. The molecule has 5 nitrogen and oxygen atoms in total. The summed E-state index contributed by atoms with van der Waals surface area (Å²) in [4.78, 5) is 14.1. The Bertz CT molecular complexity index is 531. The molecule has 2 bridgehead atoms.